The molecule has 2 aromatic carbocycles. The number of fused-ring (bicyclic) bond motifs is 1. The number of ether oxygens (including phenoxy) is 1. The maximum atomic E-state index is 13.2. The molecule has 53 heavy (non-hydrogen) atoms. The van der Waals surface area contributed by atoms with E-state index < -0.39 is 24.3 Å². The van der Waals surface area contributed by atoms with Gasteiger partial charge in [0.15, 0.2) is 12.4 Å². The minimum absolute atomic E-state index is 0.000312. The number of benzene rings is 2. The zero-order valence-corrected chi connectivity index (χ0v) is 29.7. The first kappa shape index (κ1) is 45.2. The van der Waals surface area contributed by atoms with Gasteiger partial charge >= 0.3 is 24.3 Å². The summed E-state index contributed by atoms with van der Waals surface area (Å²) >= 11 is 12.2. The molecule has 1 fully saturated rings. The van der Waals surface area contributed by atoms with E-state index in [1.54, 1.807) is 12.1 Å². The molecule has 0 atom stereocenters. The van der Waals surface area contributed by atoms with Crippen molar-refractivity contribution in [2.45, 2.75) is 69.8 Å². The van der Waals surface area contributed by atoms with Crippen LogP contribution in [0.25, 0.3) is 0 Å². The van der Waals surface area contributed by atoms with Crippen LogP contribution in [0, 0.1) is 0 Å². The van der Waals surface area contributed by atoms with Gasteiger partial charge in [0.25, 0.3) is 5.91 Å². The van der Waals surface area contributed by atoms with Crippen LogP contribution < -0.4 is 20.7 Å². The van der Waals surface area contributed by atoms with Crippen molar-refractivity contribution < 1.29 is 65.6 Å². The van der Waals surface area contributed by atoms with Crippen LogP contribution in [0.2, 0.25) is 10.0 Å². The number of carbonyl (C=O) groups is 4. The Hall–Kier alpha value is -4.00. The Morgan fingerprint density at radius 2 is 1.40 bits per heavy atom. The highest BCUT2D eigenvalue weighted by atomic mass is 35.5. The number of phenolic OH excluding ortho intramolecular Hbond substituents is 1. The molecule has 2 aliphatic rings. The van der Waals surface area contributed by atoms with E-state index in [1.807, 2.05) is 18.2 Å². The third-order valence-electron chi connectivity index (χ3n) is 7.85. The van der Waals surface area contributed by atoms with Crippen molar-refractivity contribution in [3.8, 4) is 11.5 Å². The molecule has 0 unspecified atom stereocenters. The fourth-order valence-corrected chi connectivity index (χ4v) is 5.78. The largest absolute Gasteiger partial charge is 0.506 e. The van der Waals surface area contributed by atoms with Crippen LogP contribution in [0.5, 0.6) is 11.5 Å². The van der Waals surface area contributed by atoms with E-state index in [4.69, 9.17) is 47.7 Å². The van der Waals surface area contributed by atoms with Gasteiger partial charge in [0, 0.05) is 42.1 Å². The number of carboxylic acids is 2. The predicted molar refractivity (Wildman–Crippen MR) is 182 cm³/mol. The predicted octanol–water partition coefficient (Wildman–Crippen LogP) is 5.81. The molecular formula is C33H40Cl2F6N4O8. The SMILES string of the molecule is O=C(O)C(F)(F)F.O=C(O)C(F)(F)F.O=C1COc2c(CCNCCN(C(=O)CCNCCc3ccc(Cl)cc3Cl)C3CCCCC3)ccc(O)c2N1. The number of anilines is 1. The minimum atomic E-state index is -5.08. The van der Waals surface area contributed by atoms with Gasteiger partial charge in [-0.1, -0.05) is 54.6 Å². The molecule has 1 aliphatic heterocycles. The van der Waals surface area contributed by atoms with Gasteiger partial charge < -0.3 is 40.9 Å². The number of carboxylic acid groups (broad SMARTS) is 2. The number of aliphatic carboxylic acids is 2. The lowest BCUT2D eigenvalue weighted by atomic mass is 9.94. The number of rotatable bonds is 13. The molecule has 0 radical (unpaired) electrons. The summed E-state index contributed by atoms with van der Waals surface area (Å²) in [6.07, 6.45) is -2.53. The van der Waals surface area contributed by atoms with Crippen LogP contribution in [0.1, 0.15) is 49.7 Å². The lowest BCUT2D eigenvalue weighted by Gasteiger charge is -2.34. The van der Waals surface area contributed by atoms with Crippen LogP contribution in [-0.2, 0) is 32.0 Å². The number of carbonyl (C=O) groups excluding carboxylic acids is 2. The molecule has 1 aliphatic carbocycles. The van der Waals surface area contributed by atoms with Crippen LogP contribution in [0.15, 0.2) is 30.3 Å². The fourth-order valence-electron chi connectivity index (χ4n) is 5.27. The molecule has 20 heteroatoms. The van der Waals surface area contributed by atoms with Gasteiger partial charge in [-0.05, 0) is 68.1 Å². The summed E-state index contributed by atoms with van der Waals surface area (Å²) in [6.45, 7) is 3.37. The van der Waals surface area contributed by atoms with Gasteiger partial charge in [0.2, 0.25) is 5.91 Å². The summed E-state index contributed by atoms with van der Waals surface area (Å²) in [4.78, 5) is 44.7. The number of hydrogen-bond donors (Lipinski definition) is 6. The monoisotopic (exact) mass is 804 g/mol. The first-order chi connectivity index (χ1) is 24.8. The van der Waals surface area contributed by atoms with Crippen molar-refractivity contribution in [1.29, 1.82) is 0 Å². The molecule has 1 saturated carbocycles. The van der Waals surface area contributed by atoms with E-state index >= 15 is 0 Å². The first-order valence-corrected chi connectivity index (χ1v) is 17.1. The van der Waals surface area contributed by atoms with E-state index in [0.29, 0.717) is 66.5 Å². The Bertz CT molecular complexity index is 1520. The number of aromatic hydroxyl groups is 1. The van der Waals surface area contributed by atoms with E-state index in [2.05, 4.69) is 20.9 Å². The standard InChI is InChI=1S/C29H38Cl2N4O4.2C2HF3O2/c30-22-8-6-20(24(31)18-22)10-13-32-15-12-27(38)35(23-4-2-1-3-5-23)17-16-33-14-11-21-7-9-25(36)28-29(21)39-19-26(37)34-28;2*3-2(4,5)1(6)7/h6-9,18,23,32-33,36H,1-5,10-17,19H2,(H,34,37);2*(H,6,7). The molecule has 1 heterocycles. The zero-order valence-electron chi connectivity index (χ0n) is 28.2. The molecule has 4 rings (SSSR count). The maximum absolute atomic E-state index is 13.2. The number of phenols is 1. The number of nitrogens with zero attached hydrogens (tertiary/aromatic N) is 1. The van der Waals surface area contributed by atoms with Gasteiger partial charge in [-0.3, -0.25) is 9.59 Å². The minimum Gasteiger partial charge on any atom is -0.506 e. The molecule has 296 valence electrons. The number of amides is 2. The average Bonchev–Trinajstić information content (AvgIpc) is 3.08. The maximum Gasteiger partial charge on any atom is 0.490 e. The Balaban J connectivity index is 0.000000587. The fraction of sp³-hybridized carbons (Fsp3) is 0.515. The summed E-state index contributed by atoms with van der Waals surface area (Å²) < 4.78 is 69.0. The lowest BCUT2D eigenvalue weighted by molar-refractivity contribution is -0.193. The molecule has 0 saturated heterocycles. The topological polar surface area (TPSA) is 178 Å². The van der Waals surface area contributed by atoms with Gasteiger partial charge in [-0.2, -0.15) is 26.3 Å². The van der Waals surface area contributed by atoms with Gasteiger partial charge in [-0.25, -0.2) is 9.59 Å². The summed E-state index contributed by atoms with van der Waals surface area (Å²) in [6, 6.07) is 9.24. The van der Waals surface area contributed by atoms with Crippen molar-refractivity contribution in [3.63, 3.8) is 0 Å². The number of nitrogens with one attached hydrogen (secondary N) is 3. The molecule has 12 nitrogen and oxygen atoms in total. The van der Waals surface area contributed by atoms with Gasteiger partial charge in [0.05, 0.1) is 0 Å². The third-order valence-corrected chi connectivity index (χ3v) is 8.44. The van der Waals surface area contributed by atoms with Crippen LogP contribution in [-0.4, -0.2) is 102 Å². The van der Waals surface area contributed by atoms with E-state index in [0.717, 1.165) is 36.9 Å². The number of alkyl halides is 6. The molecule has 0 spiro atoms. The zero-order chi connectivity index (χ0) is 39.8. The highest BCUT2D eigenvalue weighted by Gasteiger charge is 2.39. The Morgan fingerprint density at radius 3 is 1.96 bits per heavy atom. The quantitative estimate of drug-likeness (QED) is 0.0823. The Labute approximate surface area is 310 Å². The van der Waals surface area contributed by atoms with Crippen molar-refractivity contribution in [2.24, 2.45) is 0 Å². The third kappa shape index (κ3) is 16.3. The second-order valence-electron chi connectivity index (χ2n) is 11.8. The smallest absolute Gasteiger partial charge is 0.490 e. The molecular weight excluding hydrogens is 765 g/mol. The highest BCUT2D eigenvalue weighted by Crippen LogP contribution is 2.39. The van der Waals surface area contributed by atoms with Crippen molar-refractivity contribution in [3.05, 3.63) is 51.5 Å². The van der Waals surface area contributed by atoms with E-state index in [9.17, 15) is 41.0 Å². The summed E-state index contributed by atoms with van der Waals surface area (Å²) in [5.74, 6) is -5.07. The van der Waals surface area contributed by atoms with E-state index in [-0.39, 0.29) is 24.2 Å². The Kier molecular flexibility index (Phi) is 18.4. The lowest BCUT2D eigenvalue weighted by Crippen LogP contribution is -2.45. The van der Waals surface area contributed by atoms with Crippen molar-refractivity contribution in [1.82, 2.24) is 15.5 Å². The molecule has 0 aromatic heterocycles. The van der Waals surface area contributed by atoms with Gasteiger partial charge in [-0.15, -0.1) is 0 Å². The summed E-state index contributed by atoms with van der Waals surface area (Å²) in [7, 11) is 0. The average molecular weight is 806 g/mol. The van der Waals surface area contributed by atoms with Crippen molar-refractivity contribution in [2.75, 3.05) is 44.6 Å². The normalized spacial score (nSPS) is 14.3. The number of halogens is 8. The molecule has 2 amide bonds. The second-order valence-corrected chi connectivity index (χ2v) is 12.6. The van der Waals surface area contributed by atoms with Gasteiger partial charge in [0.1, 0.15) is 11.4 Å². The summed E-state index contributed by atoms with van der Waals surface area (Å²) in [5.41, 5.74) is 2.29. The summed E-state index contributed by atoms with van der Waals surface area (Å²) in [5, 5.41) is 35.1. The second kappa shape index (κ2) is 21.6. The number of hydrogen-bond acceptors (Lipinski definition) is 8. The van der Waals surface area contributed by atoms with Crippen LogP contribution in [0.4, 0.5) is 32.0 Å². The molecule has 2 aromatic rings. The van der Waals surface area contributed by atoms with Crippen molar-refractivity contribution >= 4 is 52.6 Å². The van der Waals surface area contributed by atoms with Crippen LogP contribution in [0.3, 0.4) is 0 Å². The molecule has 0 bridgehead atoms. The Morgan fingerprint density at radius 1 is 0.849 bits per heavy atom. The van der Waals surface area contributed by atoms with Crippen LogP contribution >= 0.6 is 23.2 Å². The first-order valence-electron chi connectivity index (χ1n) is 16.3. The molecule has 6 N–H and O–H groups in total. The van der Waals surface area contributed by atoms with E-state index in [1.165, 1.54) is 19.3 Å². The highest BCUT2D eigenvalue weighted by molar-refractivity contribution is 6.35.